The molecule has 1 heterocycles. The van der Waals surface area contributed by atoms with E-state index >= 15 is 0 Å². The molecule has 0 spiro atoms. The summed E-state index contributed by atoms with van der Waals surface area (Å²) in [5.41, 5.74) is 3.14. The van der Waals surface area contributed by atoms with Gasteiger partial charge in [0.2, 0.25) is 0 Å². The van der Waals surface area contributed by atoms with Gasteiger partial charge in [-0.25, -0.2) is 4.98 Å². The van der Waals surface area contributed by atoms with Gasteiger partial charge < -0.3 is 4.74 Å². The minimum atomic E-state index is 0.585. The molecule has 1 aromatic carbocycles. The molecule has 0 aliphatic heterocycles. The molecule has 0 aliphatic carbocycles. The van der Waals surface area contributed by atoms with Crippen molar-refractivity contribution in [2.75, 3.05) is 6.61 Å². The third-order valence-corrected chi connectivity index (χ3v) is 3.98. The predicted molar refractivity (Wildman–Crippen MR) is 76.7 cm³/mol. The molecule has 0 saturated carbocycles. The van der Waals surface area contributed by atoms with Gasteiger partial charge in [-0.1, -0.05) is 12.1 Å². The van der Waals surface area contributed by atoms with Gasteiger partial charge in [0, 0.05) is 6.42 Å². The topological polar surface area (TPSA) is 45.9 Å². The molecular weight excluding hydrogens is 256 g/mol. The number of hydrogen-bond acceptors (Lipinski definition) is 4. The molecule has 1 aromatic heterocycles. The molecule has 0 fully saturated rings. The first-order valence-corrected chi connectivity index (χ1v) is 6.98. The molecule has 3 nitrogen and oxygen atoms in total. The van der Waals surface area contributed by atoms with Crippen molar-refractivity contribution in [1.29, 1.82) is 5.26 Å². The maximum Gasteiger partial charge on any atom is 0.127 e. The average molecular weight is 272 g/mol. The van der Waals surface area contributed by atoms with Crippen LogP contribution in [0, 0.1) is 32.1 Å². The Morgan fingerprint density at radius 3 is 2.79 bits per heavy atom. The molecule has 0 aliphatic rings. The Bertz CT molecular complexity index is 626. The van der Waals surface area contributed by atoms with E-state index in [1.807, 2.05) is 19.9 Å². The van der Waals surface area contributed by atoms with Gasteiger partial charge in [-0.15, -0.1) is 11.3 Å². The van der Waals surface area contributed by atoms with Gasteiger partial charge in [0.25, 0.3) is 0 Å². The molecule has 0 radical (unpaired) electrons. The molecule has 2 aromatic rings. The lowest BCUT2D eigenvalue weighted by Crippen LogP contribution is -2.02. The number of nitrogens with zero attached hydrogens (tertiary/aromatic N) is 2. The highest BCUT2D eigenvalue weighted by molar-refractivity contribution is 7.12. The summed E-state index contributed by atoms with van der Waals surface area (Å²) in [6.45, 7) is 6.54. The molecule has 0 saturated heterocycles. The van der Waals surface area contributed by atoms with Crippen molar-refractivity contribution >= 4 is 11.3 Å². The van der Waals surface area contributed by atoms with E-state index in [-0.39, 0.29) is 0 Å². The van der Waals surface area contributed by atoms with Gasteiger partial charge in [-0.3, -0.25) is 0 Å². The van der Waals surface area contributed by atoms with E-state index in [1.165, 1.54) is 16.9 Å². The van der Waals surface area contributed by atoms with Crippen molar-refractivity contribution < 1.29 is 4.74 Å². The fourth-order valence-corrected chi connectivity index (χ4v) is 2.62. The fourth-order valence-electron chi connectivity index (χ4n) is 1.77. The molecule has 0 atom stereocenters. The summed E-state index contributed by atoms with van der Waals surface area (Å²) in [5, 5.41) is 9.85. The number of rotatable bonds is 4. The monoisotopic (exact) mass is 272 g/mol. The highest BCUT2D eigenvalue weighted by Crippen LogP contribution is 2.21. The number of aryl methyl sites for hydroxylation is 3. The van der Waals surface area contributed by atoms with Crippen molar-refractivity contribution in [2.24, 2.45) is 0 Å². The summed E-state index contributed by atoms with van der Waals surface area (Å²) in [6, 6.07) is 8.34. The van der Waals surface area contributed by atoms with Crippen molar-refractivity contribution in [3.8, 4) is 11.8 Å². The van der Waals surface area contributed by atoms with Gasteiger partial charge in [-0.05, 0) is 38.0 Å². The SMILES string of the molecule is Cc1ccc(C)c(OCCc2nc(C)c(C#N)s2)c1. The first-order chi connectivity index (χ1) is 9.10. The van der Waals surface area contributed by atoms with Crippen LogP contribution in [0.4, 0.5) is 0 Å². The second-order valence-electron chi connectivity index (χ2n) is 4.50. The average Bonchev–Trinajstić information content (AvgIpc) is 2.74. The third kappa shape index (κ3) is 3.33. The van der Waals surface area contributed by atoms with Crippen molar-refractivity contribution in [3.63, 3.8) is 0 Å². The zero-order valence-corrected chi connectivity index (χ0v) is 12.2. The van der Waals surface area contributed by atoms with Gasteiger partial charge >= 0.3 is 0 Å². The van der Waals surface area contributed by atoms with E-state index in [0.717, 1.165) is 28.4 Å². The van der Waals surface area contributed by atoms with Gasteiger partial charge in [0.15, 0.2) is 0 Å². The Hall–Kier alpha value is -1.86. The first kappa shape index (κ1) is 13.6. The number of benzene rings is 1. The molecule has 0 N–H and O–H groups in total. The smallest absolute Gasteiger partial charge is 0.127 e. The van der Waals surface area contributed by atoms with E-state index in [4.69, 9.17) is 10.00 Å². The van der Waals surface area contributed by atoms with Crippen LogP contribution in [0.2, 0.25) is 0 Å². The van der Waals surface area contributed by atoms with Crippen LogP contribution in [0.25, 0.3) is 0 Å². The number of hydrogen-bond donors (Lipinski definition) is 0. The zero-order valence-electron chi connectivity index (χ0n) is 11.4. The highest BCUT2D eigenvalue weighted by Gasteiger charge is 2.07. The summed E-state index contributed by atoms with van der Waals surface area (Å²) in [5.74, 6) is 0.925. The normalized spacial score (nSPS) is 10.2. The summed E-state index contributed by atoms with van der Waals surface area (Å²) in [4.78, 5) is 5.06. The van der Waals surface area contributed by atoms with Crippen LogP contribution >= 0.6 is 11.3 Å². The summed E-state index contributed by atoms with van der Waals surface area (Å²) >= 11 is 1.45. The Labute approximate surface area is 117 Å². The van der Waals surface area contributed by atoms with Gasteiger partial charge in [-0.2, -0.15) is 5.26 Å². The molecule has 0 bridgehead atoms. The fraction of sp³-hybridized carbons (Fsp3) is 0.333. The maximum absolute atomic E-state index is 8.89. The van der Waals surface area contributed by atoms with Gasteiger partial charge in [0.1, 0.15) is 16.7 Å². The molecular formula is C15H16N2OS. The molecule has 19 heavy (non-hydrogen) atoms. The summed E-state index contributed by atoms with van der Waals surface area (Å²) in [7, 11) is 0. The molecule has 0 unspecified atom stereocenters. The number of thiazole rings is 1. The van der Waals surface area contributed by atoms with E-state index in [1.54, 1.807) is 0 Å². The van der Waals surface area contributed by atoms with Gasteiger partial charge in [0.05, 0.1) is 17.3 Å². The van der Waals surface area contributed by atoms with Crippen molar-refractivity contribution in [3.05, 3.63) is 44.9 Å². The molecule has 98 valence electrons. The van der Waals surface area contributed by atoms with Crippen LogP contribution in [0.15, 0.2) is 18.2 Å². The van der Waals surface area contributed by atoms with Crippen LogP contribution in [0.5, 0.6) is 5.75 Å². The second kappa shape index (κ2) is 5.85. The lowest BCUT2D eigenvalue weighted by atomic mass is 10.1. The van der Waals surface area contributed by atoms with Crippen LogP contribution in [0.1, 0.15) is 26.7 Å². The Morgan fingerprint density at radius 1 is 1.32 bits per heavy atom. The lowest BCUT2D eigenvalue weighted by molar-refractivity contribution is 0.319. The zero-order chi connectivity index (χ0) is 13.8. The maximum atomic E-state index is 8.89. The van der Waals surface area contributed by atoms with Crippen LogP contribution in [0.3, 0.4) is 0 Å². The molecule has 4 heteroatoms. The van der Waals surface area contributed by atoms with E-state index in [9.17, 15) is 0 Å². The predicted octanol–water partition coefficient (Wildman–Crippen LogP) is 3.56. The van der Waals surface area contributed by atoms with Crippen LogP contribution in [-0.2, 0) is 6.42 Å². The Kier molecular flexibility index (Phi) is 4.18. The minimum absolute atomic E-state index is 0.585. The second-order valence-corrected chi connectivity index (χ2v) is 5.58. The Balaban J connectivity index is 1.96. The largest absolute Gasteiger partial charge is 0.493 e. The Morgan fingerprint density at radius 2 is 2.11 bits per heavy atom. The lowest BCUT2D eigenvalue weighted by Gasteiger charge is -2.08. The summed E-state index contributed by atoms with van der Waals surface area (Å²) in [6.07, 6.45) is 0.737. The number of ether oxygens (including phenoxy) is 1. The summed E-state index contributed by atoms with van der Waals surface area (Å²) < 4.78 is 5.79. The van der Waals surface area contributed by atoms with Crippen LogP contribution in [-0.4, -0.2) is 11.6 Å². The van der Waals surface area contributed by atoms with E-state index in [0.29, 0.717) is 11.5 Å². The van der Waals surface area contributed by atoms with E-state index < -0.39 is 0 Å². The van der Waals surface area contributed by atoms with Crippen molar-refractivity contribution in [1.82, 2.24) is 4.98 Å². The minimum Gasteiger partial charge on any atom is -0.493 e. The van der Waals surface area contributed by atoms with Crippen LogP contribution < -0.4 is 4.74 Å². The molecule has 2 rings (SSSR count). The quantitative estimate of drug-likeness (QED) is 0.855. The first-order valence-electron chi connectivity index (χ1n) is 6.16. The number of aromatic nitrogens is 1. The third-order valence-electron chi connectivity index (χ3n) is 2.86. The number of nitriles is 1. The van der Waals surface area contributed by atoms with Crippen molar-refractivity contribution in [2.45, 2.75) is 27.2 Å². The highest BCUT2D eigenvalue weighted by atomic mass is 32.1. The molecule has 0 amide bonds. The van der Waals surface area contributed by atoms with E-state index in [2.05, 4.69) is 30.1 Å². The standard InChI is InChI=1S/C15H16N2OS/c1-10-4-5-11(2)13(8-10)18-7-6-15-17-12(3)14(9-16)19-15/h4-5,8H,6-7H2,1-3H3.